The number of nitrogens with one attached hydrogen (secondary N) is 4. The van der Waals surface area contributed by atoms with Gasteiger partial charge < -0.3 is 45.2 Å². The van der Waals surface area contributed by atoms with Gasteiger partial charge in [-0.15, -0.1) is 0 Å². The second kappa shape index (κ2) is 22.7. The van der Waals surface area contributed by atoms with Crippen LogP contribution in [0.15, 0.2) is 102 Å². The molecule has 2 heterocycles. The van der Waals surface area contributed by atoms with Crippen LogP contribution in [0.3, 0.4) is 0 Å². The molecule has 4 atom stereocenters. The fourth-order valence-electron chi connectivity index (χ4n) is 8.03. The minimum Gasteiger partial charge on any atom is -0.494 e. The molecule has 15 nitrogen and oxygen atoms in total. The van der Waals surface area contributed by atoms with Gasteiger partial charge in [0.15, 0.2) is 12.2 Å². The fraction of sp³-hybridized carbons (Fsp3) is 0.396. The summed E-state index contributed by atoms with van der Waals surface area (Å²) in [7, 11) is 0. The van der Waals surface area contributed by atoms with Crippen LogP contribution < -0.4 is 26.0 Å². The van der Waals surface area contributed by atoms with E-state index in [9.17, 15) is 37.5 Å². The molecule has 4 amide bonds. The van der Waals surface area contributed by atoms with Gasteiger partial charge in [-0.05, 0) is 105 Å². The minimum atomic E-state index is -4.75. The Kier molecular flexibility index (Phi) is 17.0. The Morgan fingerprint density at radius 3 is 2.10 bits per heavy atom. The maximum atomic E-state index is 14.0. The molecular weight excluding hydrogens is 920 g/mol. The Bertz CT molecular complexity index is 2690. The first-order chi connectivity index (χ1) is 33.5. The number of carbonyl (C=O) groups excluding carboxylic acids is 4. The Hall–Kier alpha value is -7.23. The summed E-state index contributed by atoms with van der Waals surface area (Å²) in [4.78, 5) is 59.3. The summed E-state index contributed by atoms with van der Waals surface area (Å²) in [6.45, 7) is 12.7. The normalized spacial score (nSPS) is 15.8. The highest BCUT2D eigenvalue weighted by Crippen LogP contribution is 2.34. The first-order valence-electron chi connectivity index (χ1n) is 23.2. The van der Waals surface area contributed by atoms with E-state index in [1.165, 1.54) is 23.4 Å². The number of aryl methyl sites for hydroxylation is 1. The number of alkyl halides is 3. The number of hydrogen-bond donors (Lipinski definition) is 5. The average molecular weight is 980 g/mol. The van der Waals surface area contributed by atoms with Crippen LogP contribution in [-0.4, -0.2) is 88.7 Å². The van der Waals surface area contributed by atoms with E-state index in [-0.39, 0.29) is 31.9 Å². The van der Waals surface area contributed by atoms with Crippen molar-refractivity contribution in [3.05, 3.63) is 120 Å². The van der Waals surface area contributed by atoms with E-state index in [2.05, 4.69) is 26.3 Å². The Morgan fingerprint density at radius 1 is 0.873 bits per heavy atom. The molecule has 6 rings (SSSR count). The lowest BCUT2D eigenvalue weighted by atomic mass is 9.85. The second-order valence-electron chi connectivity index (χ2n) is 19.2. The quantitative estimate of drug-likeness (QED) is 0.0495. The Morgan fingerprint density at radius 2 is 1.49 bits per heavy atom. The first-order valence-corrected chi connectivity index (χ1v) is 23.2. The van der Waals surface area contributed by atoms with Crippen LogP contribution in [-0.2, 0) is 30.1 Å². The van der Waals surface area contributed by atoms with Gasteiger partial charge in [-0.25, -0.2) is 4.98 Å². The summed E-state index contributed by atoms with van der Waals surface area (Å²) >= 11 is 0. The van der Waals surface area contributed by atoms with Gasteiger partial charge in [-0.3, -0.25) is 19.2 Å². The molecule has 71 heavy (non-hydrogen) atoms. The van der Waals surface area contributed by atoms with Crippen molar-refractivity contribution in [3.8, 4) is 34.3 Å². The number of nitriles is 1. The molecular formula is C53H60F3N7O8. The number of aliphatic hydroxyl groups is 1. The van der Waals surface area contributed by atoms with Gasteiger partial charge in [0.05, 0.1) is 41.6 Å². The number of amides is 4. The van der Waals surface area contributed by atoms with E-state index in [1.807, 2.05) is 95.3 Å². The van der Waals surface area contributed by atoms with Gasteiger partial charge >= 0.3 is 6.18 Å². The minimum absolute atomic E-state index is 0.0483. The van der Waals surface area contributed by atoms with Crippen molar-refractivity contribution in [1.82, 2.24) is 20.5 Å². The van der Waals surface area contributed by atoms with Crippen LogP contribution in [0, 0.1) is 23.7 Å². The number of benzene rings is 4. The molecule has 1 aromatic heterocycles. The number of anilines is 2. The number of aliphatic hydroxyl groups excluding tert-OH is 1. The summed E-state index contributed by atoms with van der Waals surface area (Å²) in [5.74, 6) is -0.615. The van der Waals surface area contributed by atoms with E-state index in [4.69, 9.17) is 19.2 Å². The molecule has 4 aromatic carbocycles. The number of ether oxygens (including phenoxy) is 2. The number of rotatable bonds is 19. The maximum absolute atomic E-state index is 14.0. The number of nitrogens with zero attached hydrogens (tertiary/aromatic N) is 3. The molecule has 0 aliphatic carbocycles. The molecule has 0 saturated carbocycles. The van der Waals surface area contributed by atoms with Crippen LogP contribution in [0.4, 0.5) is 24.5 Å². The van der Waals surface area contributed by atoms with Gasteiger partial charge in [0.25, 0.3) is 0 Å². The molecule has 0 spiro atoms. The highest BCUT2D eigenvalue weighted by Gasteiger charge is 2.45. The number of halogens is 3. The largest absolute Gasteiger partial charge is 0.494 e. The number of likely N-dealkylation sites (tertiary alicyclic amines) is 1. The lowest BCUT2D eigenvalue weighted by molar-refractivity contribution is -0.144. The predicted molar refractivity (Wildman–Crippen MR) is 261 cm³/mol. The maximum Gasteiger partial charge on any atom is 0.417 e. The van der Waals surface area contributed by atoms with E-state index in [1.54, 1.807) is 26.0 Å². The van der Waals surface area contributed by atoms with Gasteiger partial charge in [-0.1, -0.05) is 69.3 Å². The van der Waals surface area contributed by atoms with Crippen molar-refractivity contribution >= 4 is 35.0 Å². The van der Waals surface area contributed by atoms with E-state index in [0.29, 0.717) is 36.6 Å². The average Bonchev–Trinajstić information content (AvgIpc) is 3.95. The number of aromatic nitrogens is 1. The molecule has 376 valence electrons. The third kappa shape index (κ3) is 14.0. The topological polar surface area (TPSA) is 208 Å². The van der Waals surface area contributed by atoms with Gasteiger partial charge in [0, 0.05) is 36.5 Å². The smallest absolute Gasteiger partial charge is 0.417 e. The molecule has 1 aliphatic rings. The monoisotopic (exact) mass is 979 g/mol. The van der Waals surface area contributed by atoms with Gasteiger partial charge in [0.1, 0.15) is 30.0 Å². The number of β-amino-alcohol motifs (C(OH)–C–C–N with tert-alkyl or cyclic N) is 1. The lowest BCUT2D eigenvalue weighted by Crippen LogP contribution is -2.58. The van der Waals surface area contributed by atoms with Gasteiger partial charge in [0.2, 0.25) is 23.6 Å². The Balaban J connectivity index is 0.905. The molecule has 5 N–H and O–H groups in total. The van der Waals surface area contributed by atoms with E-state index < -0.39 is 76.1 Å². The summed E-state index contributed by atoms with van der Waals surface area (Å²) in [5.41, 5.74) is 1.18. The van der Waals surface area contributed by atoms with E-state index in [0.717, 1.165) is 40.1 Å². The summed E-state index contributed by atoms with van der Waals surface area (Å²) in [6, 6.07) is 24.6. The number of unbranched alkanes of at least 4 members (excludes halogenated alkanes) is 1. The summed E-state index contributed by atoms with van der Waals surface area (Å²) in [6.07, 6.45) is -2.97. The molecule has 1 fully saturated rings. The summed E-state index contributed by atoms with van der Waals surface area (Å²) < 4.78 is 57.3. The zero-order valence-corrected chi connectivity index (χ0v) is 40.8. The molecule has 0 unspecified atom stereocenters. The summed E-state index contributed by atoms with van der Waals surface area (Å²) in [5, 5.41) is 31.1. The van der Waals surface area contributed by atoms with Crippen LogP contribution in [0.25, 0.3) is 22.5 Å². The van der Waals surface area contributed by atoms with Crippen LogP contribution in [0.2, 0.25) is 0 Å². The molecule has 1 aliphatic heterocycles. The SMILES string of the molecule is Cc1ncoc1-c1ccc([C@H](C)NC(=O)[C@@H]2C[C@@H](O)CN2C(=O)[C@@H](NC(=O)COCCCCOc2ccc(-c3ccc(NC(C)(C)C(=O)Nc4ccc(C#N)c(C(F)(F)F)c4)cc3)cc2)C(C)(C)C)cc1. The molecule has 5 aromatic rings. The standard InChI is InChI=1S/C53H60F3N7O8/c1-32(34-10-12-37(13-11-34)46-33(2)58-31-71-46)59-48(66)44-27-41(64)29-63(44)49(67)47(51(3,4)5)61-45(65)30-69-24-8-9-25-70-42-22-17-36(18-23-42)35-14-19-39(20-15-35)62-52(6,7)50(68)60-40-21-16-38(28-57)43(26-40)53(54,55)56/h10-23,26,31-32,41,44,47,62,64H,8-9,24-25,27,29-30H2,1-7H3,(H,59,66)(H,60,68)(H,61,65)/t32-,41+,44-,47+/m0/s1. The number of hydrogen-bond acceptors (Lipinski definition) is 11. The van der Waals surface area contributed by atoms with Crippen molar-refractivity contribution < 1.29 is 51.3 Å². The molecule has 0 bridgehead atoms. The zero-order chi connectivity index (χ0) is 51.7. The highest BCUT2D eigenvalue weighted by molar-refractivity contribution is 5.99. The first kappa shape index (κ1) is 53.1. The molecule has 1 saturated heterocycles. The van der Waals surface area contributed by atoms with Crippen LogP contribution in [0.1, 0.15) is 89.2 Å². The van der Waals surface area contributed by atoms with Crippen molar-refractivity contribution in [2.45, 2.75) is 104 Å². The van der Waals surface area contributed by atoms with Gasteiger partial charge in [-0.2, -0.15) is 18.4 Å². The van der Waals surface area contributed by atoms with Crippen LogP contribution in [0.5, 0.6) is 5.75 Å². The van der Waals surface area contributed by atoms with E-state index >= 15 is 0 Å². The van der Waals surface area contributed by atoms with Crippen LogP contribution >= 0.6 is 0 Å². The lowest BCUT2D eigenvalue weighted by Gasteiger charge is -2.35. The Labute approximate surface area is 411 Å². The van der Waals surface area contributed by atoms with Crippen molar-refractivity contribution in [2.75, 3.05) is 37.0 Å². The highest BCUT2D eigenvalue weighted by atomic mass is 19.4. The zero-order valence-electron chi connectivity index (χ0n) is 40.8. The third-order valence-corrected chi connectivity index (χ3v) is 12.0. The van der Waals surface area contributed by atoms with Crippen molar-refractivity contribution in [2.24, 2.45) is 5.41 Å². The van der Waals surface area contributed by atoms with Crippen molar-refractivity contribution in [1.29, 1.82) is 5.26 Å². The predicted octanol–water partition coefficient (Wildman–Crippen LogP) is 8.58. The molecule has 18 heteroatoms. The second-order valence-corrected chi connectivity index (χ2v) is 19.2. The molecule has 0 radical (unpaired) electrons. The number of carbonyl (C=O) groups is 4. The number of oxazole rings is 1. The third-order valence-electron chi connectivity index (χ3n) is 12.0. The fourth-order valence-corrected chi connectivity index (χ4v) is 8.03. The van der Waals surface area contributed by atoms with Crippen molar-refractivity contribution in [3.63, 3.8) is 0 Å².